The molecule has 0 unspecified atom stereocenters. The fourth-order valence-corrected chi connectivity index (χ4v) is 4.42. The van der Waals surface area contributed by atoms with E-state index in [9.17, 15) is 9.59 Å². The van der Waals surface area contributed by atoms with Crippen LogP contribution in [0.3, 0.4) is 0 Å². The van der Waals surface area contributed by atoms with E-state index in [1.165, 1.54) is 18.9 Å². The van der Waals surface area contributed by atoms with Crippen molar-refractivity contribution in [3.8, 4) is 17.1 Å². The van der Waals surface area contributed by atoms with Crippen LogP contribution in [0.4, 0.5) is 0 Å². The normalized spacial score (nSPS) is 14.8. The van der Waals surface area contributed by atoms with E-state index in [0.29, 0.717) is 32.9 Å². The van der Waals surface area contributed by atoms with E-state index in [4.69, 9.17) is 26.1 Å². The zero-order valence-electron chi connectivity index (χ0n) is 17.4. The van der Waals surface area contributed by atoms with Gasteiger partial charge in [0.05, 0.1) is 31.2 Å². The number of benzene rings is 2. The Morgan fingerprint density at radius 3 is 2.62 bits per heavy atom. The summed E-state index contributed by atoms with van der Waals surface area (Å²) in [7, 11) is 2.95. The number of amides is 1. The molecule has 2 aromatic carbocycles. The summed E-state index contributed by atoms with van der Waals surface area (Å²) in [6.45, 7) is 0.385. The van der Waals surface area contributed by atoms with Crippen LogP contribution in [-0.2, 0) is 16.1 Å². The van der Waals surface area contributed by atoms with Gasteiger partial charge in [0, 0.05) is 11.6 Å². The molecular weight excluding hydrogens is 446 g/mol. The van der Waals surface area contributed by atoms with Gasteiger partial charge in [-0.05, 0) is 42.0 Å². The monoisotopic (exact) mass is 465 g/mol. The Balaban J connectivity index is 1.51. The molecule has 1 aliphatic rings. The molecule has 6 nitrogen and oxygen atoms in total. The topological polar surface area (TPSA) is 69.0 Å². The van der Waals surface area contributed by atoms with Crippen molar-refractivity contribution in [1.29, 1.82) is 0 Å². The van der Waals surface area contributed by atoms with Gasteiger partial charge in [0.15, 0.2) is 0 Å². The van der Waals surface area contributed by atoms with Gasteiger partial charge in [-0.15, -0.1) is 0 Å². The van der Waals surface area contributed by atoms with Crippen LogP contribution < -0.4 is 4.74 Å². The molecule has 1 amide bonds. The van der Waals surface area contributed by atoms with Crippen LogP contribution in [-0.4, -0.2) is 35.3 Å². The van der Waals surface area contributed by atoms with Crippen molar-refractivity contribution in [3.63, 3.8) is 0 Å². The maximum atomic E-state index is 12.9. The first-order valence-corrected chi connectivity index (χ1v) is 10.9. The van der Waals surface area contributed by atoms with Crippen LogP contribution in [0.25, 0.3) is 17.4 Å². The zero-order valence-corrected chi connectivity index (χ0v) is 19.0. The lowest BCUT2D eigenvalue weighted by molar-refractivity contribution is -0.122. The molecule has 0 radical (unpaired) electrons. The molecular formula is C24H19NO5S2. The van der Waals surface area contributed by atoms with E-state index in [1.54, 1.807) is 48.4 Å². The molecule has 32 heavy (non-hydrogen) atoms. The Morgan fingerprint density at radius 1 is 1.12 bits per heavy atom. The summed E-state index contributed by atoms with van der Waals surface area (Å²) in [6, 6.07) is 18.0. The fourth-order valence-electron chi connectivity index (χ4n) is 3.18. The summed E-state index contributed by atoms with van der Waals surface area (Å²) in [5.74, 6) is 1.27. The number of furan rings is 1. The number of ether oxygens (including phenoxy) is 2. The number of methoxy groups -OCH3 is 2. The van der Waals surface area contributed by atoms with Crippen LogP contribution >= 0.6 is 24.0 Å². The van der Waals surface area contributed by atoms with Crippen molar-refractivity contribution in [1.82, 2.24) is 4.90 Å². The number of hydrogen-bond donors (Lipinski definition) is 0. The van der Waals surface area contributed by atoms with E-state index in [-0.39, 0.29) is 5.91 Å². The number of carbonyl (C=O) groups excluding carboxylic acids is 2. The first kappa shape index (κ1) is 21.9. The van der Waals surface area contributed by atoms with Crippen molar-refractivity contribution in [2.24, 2.45) is 0 Å². The highest BCUT2D eigenvalue weighted by molar-refractivity contribution is 8.26. The standard InChI is InChI=1S/C24H19NO5S2/c1-28-18-8-6-15(7-9-18)14-25-22(26)21(32-24(25)31)13-19-10-11-20(30-19)16-4-3-5-17(12-16)23(27)29-2/h3-13H,14H2,1-2H3. The summed E-state index contributed by atoms with van der Waals surface area (Å²) >= 11 is 6.66. The summed E-state index contributed by atoms with van der Waals surface area (Å²) in [5.41, 5.74) is 2.12. The van der Waals surface area contributed by atoms with Gasteiger partial charge in [-0.2, -0.15) is 0 Å². The molecule has 4 rings (SSSR count). The number of carbonyl (C=O) groups is 2. The van der Waals surface area contributed by atoms with Crippen molar-refractivity contribution in [2.75, 3.05) is 14.2 Å². The first-order valence-electron chi connectivity index (χ1n) is 9.65. The van der Waals surface area contributed by atoms with Gasteiger partial charge in [0.1, 0.15) is 21.6 Å². The van der Waals surface area contributed by atoms with Crippen molar-refractivity contribution in [2.45, 2.75) is 6.54 Å². The molecule has 2 heterocycles. The molecule has 0 N–H and O–H groups in total. The lowest BCUT2D eigenvalue weighted by Gasteiger charge is -2.14. The molecule has 0 saturated carbocycles. The minimum Gasteiger partial charge on any atom is -0.497 e. The molecule has 1 aliphatic heterocycles. The maximum absolute atomic E-state index is 12.9. The molecule has 1 aromatic heterocycles. The minimum absolute atomic E-state index is 0.165. The van der Waals surface area contributed by atoms with E-state index >= 15 is 0 Å². The molecule has 3 aromatic rings. The fraction of sp³-hybridized carbons (Fsp3) is 0.125. The largest absolute Gasteiger partial charge is 0.497 e. The Labute approximate surface area is 194 Å². The summed E-state index contributed by atoms with van der Waals surface area (Å²) in [4.78, 5) is 26.7. The Bertz CT molecular complexity index is 1210. The Kier molecular flexibility index (Phi) is 6.43. The predicted molar refractivity (Wildman–Crippen MR) is 127 cm³/mol. The van der Waals surface area contributed by atoms with Gasteiger partial charge in [-0.1, -0.05) is 48.2 Å². The van der Waals surface area contributed by atoms with E-state index in [2.05, 4.69) is 0 Å². The minimum atomic E-state index is -0.417. The lowest BCUT2D eigenvalue weighted by atomic mass is 10.1. The average Bonchev–Trinajstić information content (AvgIpc) is 3.39. The van der Waals surface area contributed by atoms with Crippen molar-refractivity contribution in [3.05, 3.63) is 82.5 Å². The van der Waals surface area contributed by atoms with Gasteiger partial charge >= 0.3 is 5.97 Å². The van der Waals surface area contributed by atoms with Crippen molar-refractivity contribution >= 4 is 46.3 Å². The molecule has 8 heteroatoms. The highest BCUT2D eigenvalue weighted by Gasteiger charge is 2.32. The predicted octanol–water partition coefficient (Wildman–Crippen LogP) is 5.14. The Hall–Kier alpha value is -3.36. The summed E-state index contributed by atoms with van der Waals surface area (Å²) < 4.78 is 16.3. The van der Waals surface area contributed by atoms with Crippen LogP contribution in [0.5, 0.6) is 5.75 Å². The summed E-state index contributed by atoms with van der Waals surface area (Å²) in [6.07, 6.45) is 1.68. The van der Waals surface area contributed by atoms with Crippen LogP contribution in [0.1, 0.15) is 21.7 Å². The number of rotatable bonds is 6. The van der Waals surface area contributed by atoms with Crippen LogP contribution in [0.15, 0.2) is 70.0 Å². The van der Waals surface area contributed by atoms with E-state index < -0.39 is 5.97 Å². The first-order chi connectivity index (χ1) is 15.5. The zero-order chi connectivity index (χ0) is 22.7. The van der Waals surface area contributed by atoms with Gasteiger partial charge in [0.2, 0.25) is 0 Å². The highest BCUT2D eigenvalue weighted by Crippen LogP contribution is 2.34. The molecule has 1 saturated heterocycles. The number of hydrogen-bond acceptors (Lipinski definition) is 7. The molecule has 0 aliphatic carbocycles. The average molecular weight is 466 g/mol. The lowest BCUT2D eigenvalue weighted by Crippen LogP contribution is -2.27. The summed E-state index contributed by atoms with van der Waals surface area (Å²) in [5, 5.41) is 0. The Morgan fingerprint density at radius 2 is 1.91 bits per heavy atom. The molecule has 162 valence electrons. The number of nitrogens with zero attached hydrogens (tertiary/aromatic N) is 1. The molecule has 0 spiro atoms. The third kappa shape index (κ3) is 4.61. The van der Waals surface area contributed by atoms with Gasteiger partial charge < -0.3 is 13.9 Å². The maximum Gasteiger partial charge on any atom is 0.337 e. The number of thioether (sulfide) groups is 1. The van der Waals surface area contributed by atoms with Crippen molar-refractivity contribution < 1.29 is 23.5 Å². The second-order valence-corrected chi connectivity index (χ2v) is 8.57. The van der Waals surface area contributed by atoms with Crippen LogP contribution in [0.2, 0.25) is 0 Å². The second-order valence-electron chi connectivity index (χ2n) is 6.89. The van der Waals surface area contributed by atoms with E-state index in [1.807, 2.05) is 30.3 Å². The smallest absolute Gasteiger partial charge is 0.337 e. The number of thiocarbonyl (C=S) groups is 1. The third-order valence-corrected chi connectivity index (χ3v) is 6.22. The quantitative estimate of drug-likeness (QED) is 0.283. The highest BCUT2D eigenvalue weighted by atomic mass is 32.2. The second kappa shape index (κ2) is 9.42. The molecule has 0 bridgehead atoms. The molecule has 1 fully saturated rings. The van der Waals surface area contributed by atoms with Gasteiger partial charge in [-0.25, -0.2) is 4.79 Å². The van der Waals surface area contributed by atoms with E-state index in [0.717, 1.165) is 16.9 Å². The van der Waals surface area contributed by atoms with Gasteiger partial charge in [-0.3, -0.25) is 9.69 Å². The molecule has 0 atom stereocenters. The SMILES string of the molecule is COC(=O)c1cccc(-c2ccc(C=C3SC(=S)N(Cc4ccc(OC)cc4)C3=O)o2)c1. The number of esters is 1. The van der Waals surface area contributed by atoms with Crippen LogP contribution in [0, 0.1) is 0 Å². The van der Waals surface area contributed by atoms with Gasteiger partial charge in [0.25, 0.3) is 5.91 Å². The third-order valence-electron chi connectivity index (χ3n) is 4.84.